The average molecular weight is 328 g/mol. The van der Waals surface area contributed by atoms with Crippen LogP contribution in [0, 0.1) is 0 Å². The molecule has 0 aliphatic carbocycles. The Kier molecular flexibility index (Phi) is 139. The smallest absolute Gasteiger partial charge is 0 e. The van der Waals surface area contributed by atoms with E-state index in [1.165, 1.54) is 0 Å². The molecule has 0 aromatic carbocycles. The van der Waals surface area contributed by atoms with Crippen LogP contribution in [0.2, 0.25) is 0 Å². The van der Waals surface area contributed by atoms with Crippen LogP contribution >= 0.6 is 13.5 Å². The van der Waals surface area contributed by atoms with Crippen LogP contribution in [0.25, 0.3) is 0 Å². The molecule has 0 unspecified atom stereocenters. The molecular formula is H4AgSSnZn. The van der Waals surface area contributed by atoms with Crippen molar-refractivity contribution in [1.29, 1.82) is 0 Å². The molecule has 0 saturated heterocycles. The quantitative estimate of drug-likeness (QED) is 0.511. The van der Waals surface area contributed by atoms with Crippen molar-refractivity contribution in [3.05, 3.63) is 0 Å². The Hall–Kier alpha value is 2.51. The van der Waals surface area contributed by atoms with E-state index in [4.69, 9.17) is 0 Å². The molecule has 0 aromatic rings. The fraction of sp³-hybridized carbons (Fsp3) is 0. The van der Waals surface area contributed by atoms with E-state index in [1.807, 2.05) is 0 Å². The molecule has 0 heterocycles. The van der Waals surface area contributed by atoms with Crippen molar-refractivity contribution in [2.24, 2.45) is 0 Å². The van der Waals surface area contributed by atoms with E-state index in [9.17, 15) is 0 Å². The van der Waals surface area contributed by atoms with Gasteiger partial charge in [-0.1, -0.05) is 0 Å². The fourth-order valence-electron chi connectivity index (χ4n) is 0. The molecular weight excluding hydrogens is 324 g/mol. The zero-order chi connectivity index (χ0) is 0. The number of hydrogen-bond donors (Lipinski definition) is 0. The van der Waals surface area contributed by atoms with Gasteiger partial charge >= 0.3 is 23.9 Å². The largest absolute Gasteiger partial charge is 0 e. The van der Waals surface area contributed by atoms with Crippen molar-refractivity contribution in [2.75, 3.05) is 0 Å². The average Bonchev–Trinajstić information content (AvgIpc) is 0. The summed E-state index contributed by atoms with van der Waals surface area (Å²) < 4.78 is 0. The Morgan fingerprint density at radius 3 is 1.00 bits per heavy atom. The molecule has 4 heavy (non-hydrogen) atoms. The normalized spacial score (nSPS) is 0. The van der Waals surface area contributed by atoms with E-state index < -0.39 is 0 Å². The molecule has 0 rings (SSSR count). The van der Waals surface area contributed by atoms with E-state index in [1.54, 1.807) is 0 Å². The van der Waals surface area contributed by atoms with E-state index in [0.29, 0.717) is 0 Å². The van der Waals surface area contributed by atoms with Crippen LogP contribution in [-0.2, 0) is 41.9 Å². The summed E-state index contributed by atoms with van der Waals surface area (Å²) in [6.45, 7) is 0. The second kappa shape index (κ2) is 17.8. The third kappa shape index (κ3) is 8.82. The van der Waals surface area contributed by atoms with Gasteiger partial charge in [0.2, 0.25) is 0 Å². The van der Waals surface area contributed by atoms with Crippen molar-refractivity contribution in [3.63, 3.8) is 0 Å². The van der Waals surface area contributed by atoms with Gasteiger partial charge in [0.1, 0.15) is 0 Å². The van der Waals surface area contributed by atoms with Gasteiger partial charge in [-0.2, -0.15) is 13.5 Å². The minimum absolute atomic E-state index is 0. The third-order valence-corrected chi connectivity index (χ3v) is 0. The van der Waals surface area contributed by atoms with Gasteiger partial charge in [0.05, 0.1) is 0 Å². The first-order valence-corrected chi connectivity index (χ1v) is 0. The summed E-state index contributed by atoms with van der Waals surface area (Å²) >= 11 is 0. The first-order chi connectivity index (χ1) is 0. The molecule has 0 nitrogen and oxygen atoms in total. The fourth-order valence-corrected chi connectivity index (χ4v) is 0. The first kappa shape index (κ1) is 31.4. The van der Waals surface area contributed by atoms with Gasteiger partial charge in [0.25, 0.3) is 0 Å². The summed E-state index contributed by atoms with van der Waals surface area (Å²) in [5.74, 6) is 0. The van der Waals surface area contributed by atoms with Gasteiger partial charge in [-0.3, -0.25) is 0 Å². The van der Waals surface area contributed by atoms with Crippen molar-refractivity contribution in [1.82, 2.24) is 0 Å². The van der Waals surface area contributed by atoms with Gasteiger partial charge in [-0.05, 0) is 0 Å². The van der Waals surface area contributed by atoms with Gasteiger partial charge in [0, 0.05) is 41.9 Å². The molecule has 0 aliphatic rings. The van der Waals surface area contributed by atoms with Crippen LogP contribution in [0.1, 0.15) is 0 Å². The molecule has 0 aliphatic heterocycles. The summed E-state index contributed by atoms with van der Waals surface area (Å²) in [6, 6.07) is 0. The SMILES string of the molecule is S.[Ag].[SnH2].[Zn]. The molecule has 0 saturated carbocycles. The summed E-state index contributed by atoms with van der Waals surface area (Å²) in [6.07, 6.45) is 0. The van der Waals surface area contributed by atoms with Crippen molar-refractivity contribution < 1.29 is 41.9 Å². The minimum Gasteiger partial charge on any atom is 0 e. The monoisotopic (exact) mass is 327 g/mol. The van der Waals surface area contributed by atoms with Gasteiger partial charge in [-0.15, -0.1) is 0 Å². The van der Waals surface area contributed by atoms with E-state index >= 15 is 0 Å². The molecule has 0 atom stereocenters. The molecule has 0 amide bonds. The molecule has 0 bridgehead atoms. The zero-order valence-corrected chi connectivity index (χ0v) is 11.7. The number of hydrogen-bond acceptors (Lipinski definition) is 0. The van der Waals surface area contributed by atoms with Crippen molar-refractivity contribution in [2.45, 2.75) is 0 Å². The zero-order valence-electron chi connectivity index (χ0n) is 2.22. The molecule has 0 N–H and O–H groups in total. The topological polar surface area (TPSA) is 0 Å². The predicted molar refractivity (Wildman–Crippen MR) is 18.9 cm³/mol. The molecule has 0 fully saturated rings. The Morgan fingerprint density at radius 1 is 1.00 bits per heavy atom. The van der Waals surface area contributed by atoms with Gasteiger partial charge in [0.15, 0.2) is 0 Å². The summed E-state index contributed by atoms with van der Waals surface area (Å²) in [5, 5.41) is 0. The third-order valence-electron chi connectivity index (χ3n) is 0. The molecule has 0 spiro atoms. The van der Waals surface area contributed by atoms with Crippen LogP contribution in [0.3, 0.4) is 0 Å². The molecule has 0 aromatic heterocycles. The first-order valence-electron chi connectivity index (χ1n) is 0. The molecule has 4 heteroatoms. The van der Waals surface area contributed by atoms with Crippen LogP contribution in [-0.4, -0.2) is 23.9 Å². The summed E-state index contributed by atoms with van der Waals surface area (Å²) in [4.78, 5) is 0. The maximum atomic E-state index is 0. The summed E-state index contributed by atoms with van der Waals surface area (Å²) in [5.41, 5.74) is 0. The van der Waals surface area contributed by atoms with Gasteiger partial charge in [-0.25, -0.2) is 0 Å². The van der Waals surface area contributed by atoms with E-state index in [-0.39, 0.29) is 79.3 Å². The predicted octanol–water partition coefficient (Wildman–Crippen LogP) is -0.808. The Labute approximate surface area is 78.2 Å². The van der Waals surface area contributed by atoms with Crippen LogP contribution in [0.15, 0.2) is 0 Å². The second-order valence-corrected chi connectivity index (χ2v) is 0. The van der Waals surface area contributed by atoms with E-state index in [2.05, 4.69) is 0 Å². The van der Waals surface area contributed by atoms with E-state index in [0.717, 1.165) is 0 Å². The van der Waals surface area contributed by atoms with Crippen LogP contribution < -0.4 is 0 Å². The van der Waals surface area contributed by atoms with Crippen molar-refractivity contribution in [3.8, 4) is 0 Å². The molecule has 3 radical (unpaired) electrons. The maximum absolute atomic E-state index is 0. The molecule has 27 valence electrons. The maximum Gasteiger partial charge on any atom is 0 e. The van der Waals surface area contributed by atoms with Crippen LogP contribution in [0.5, 0.6) is 0 Å². The second-order valence-electron chi connectivity index (χ2n) is 0. The minimum atomic E-state index is 0. The van der Waals surface area contributed by atoms with Gasteiger partial charge < -0.3 is 0 Å². The van der Waals surface area contributed by atoms with Crippen molar-refractivity contribution >= 4 is 37.4 Å². The standard InChI is InChI=1S/Ag.H2S.Sn.Zn.2H/h;1H2;;;;. The number of rotatable bonds is 0. The summed E-state index contributed by atoms with van der Waals surface area (Å²) in [7, 11) is 0. The van der Waals surface area contributed by atoms with Crippen LogP contribution in [0.4, 0.5) is 0 Å². The Bertz CT molecular complexity index is 8.00. The Balaban J connectivity index is 0. The Morgan fingerprint density at radius 2 is 1.00 bits per heavy atom.